The molecule has 0 fully saturated rings. The molecular weight excluding hydrogens is 264 g/mol. The zero-order valence-electron chi connectivity index (χ0n) is 7.61. The normalized spacial score (nSPS) is 13.0. The molecule has 2 aromatic heterocycles. The van der Waals surface area contributed by atoms with Gasteiger partial charge in [-0.25, -0.2) is 0 Å². The Kier molecular flexibility index (Phi) is 2.98. The van der Waals surface area contributed by atoms with E-state index in [1.165, 1.54) is 0 Å². The number of nitrogens with zero attached hydrogens (tertiary/aromatic N) is 2. The summed E-state index contributed by atoms with van der Waals surface area (Å²) >= 11 is 5.07. The summed E-state index contributed by atoms with van der Waals surface area (Å²) in [4.78, 5) is 1.17. The quantitative estimate of drug-likeness (QED) is 0.801. The van der Waals surface area contributed by atoms with Gasteiger partial charge in [0, 0.05) is 0 Å². The van der Waals surface area contributed by atoms with Crippen molar-refractivity contribution in [2.75, 3.05) is 0 Å². The number of hydrogen-bond donors (Lipinski definition) is 0. The molecule has 0 bridgehead atoms. The smallest absolute Gasteiger partial charge is 0.257 e. The van der Waals surface area contributed by atoms with Crippen molar-refractivity contribution in [3.8, 4) is 10.8 Å². The number of thiophene rings is 1. The van der Waals surface area contributed by atoms with Crippen molar-refractivity contribution in [1.29, 1.82) is 0 Å². The van der Waals surface area contributed by atoms with Gasteiger partial charge in [0.05, 0.1) is 9.70 Å². The van der Waals surface area contributed by atoms with E-state index in [0.717, 1.165) is 11.3 Å². The number of hydrogen-bond acceptors (Lipinski definition) is 4. The predicted molar refractivity (Wildman–Crippen MR) is 59.6 cm³/mol. The Morgan fingerprint density at radius 2 is 2.43 bits per heavy atom. The Morgan fingerprint density at radius 3 is 3.07 bits per heavy atom. The molecule has 0 radical (unpaired) electrons. The van der Waals surface area contributed by atoms with Crippen LogP contribution in [0.1, 0.15) is 24.1 Å². The van der Waals surface area contributed by atoms with E-state index in [0.29, 0.717) is 11.8 Å². The summed E-state index contributed by atoms with van der Waals surface area (Å²) < 4.78 is 5.52. The van der Waals surface area contributed by atoms with Crippen molar-refractivity contribution < 1.29 is 4.42 Å². The maximum absolute atomic E-state index is 5.52. The molecular formula is C9H9BrN2OS. The van der Waals surface area contributed by atoms with Gasteiger partial charge in [-0.2, -0.15) is 0 Å². The molecule has 74 valence electrons. The van der Waals surface area contributed by atoms with E-state index in [2.05, 4.69) is 33.1 Å². The first kappa shape index (κ1) is 9.86. The molecule has 0 aliphatic rings. The molecule has 2 aromatic rings. The summed E-state index contributed by atoms with van der Waals surface area (Å²) in [7, 11) is 0. The lowest BCUT2D eigenvalue weighted by molar-refractivity contribution is 0.501. The van der Waals surface area contributed by atoms with Crippen LogP contribution in [0.4, 0.5) is 0 Å². The topological polar surface area (TPSA) is 38.9 Å². The third-order valence-electron chi connectivity index (χ3n) is 1.80. The van der Waals surface area contributed by atoms with Crippen molar-refractivity contribution in [1.82, 2.24) is 10.2 Å². The summed E-state index contributed by atoms with van der Waals surface area (Å²) in [5.74, 6) is 1.25. The largest absolute Gasteiger partial charge is 0.419 e. The number of aromatic nitrogens is 2. The molecule has 0 amide bonds. The Hall–Kier alpha value is -0.680. The van der Waals surface area contributed by atoms with Gasteiger partial charge in [-0.05, 0) is 17.9 Å². The van der Waals surface area contributed by atoms with Crippen molar-refractivity contribution >= 4 is 27.3 Å². The van der Waals surface area contributed by atoms with Crippen LogP contribution in [0.3, 0.4) is 0 Å². The molecule has 0 N–H and O–H groups in total. The Bertz CT molecular complexity index is 399. The molecule has 2 heterocycles. The molecule has 0 spiro atoms. The molecule has 3 nitrogen and oxygen atoms in total. The van der Waals surface area contributed by atoms with Crippen LogP contribution in [-0.2, 0) is 0 Å². The molecule has 1 unspecified atom stereocenters. The Labute approximate surface area is 94.3 Å². The standard InChI is InChI=1S/C9H9BrN2OS/c1-2-6(10)8-11-12-9(13-8)7-4-3-5-14-7/h3-6H,2H2,1H3. The Morgan fingerprint density at radius 1 is 1.57 bits per heavy atom. The van der Waals surface area contributed by atoms with E-state index >= 15 is 0 Å². The highest BCUT2D eigenvalue weighted by molar-refractivity contribution is 9.09. The van der Waals surface area contributed by atoms with Gasteiger partial charge in [0.2, 0.25) is 5.89 Å². The lowest BCUT2D eigenvalue weighted by atomic mass is 10.3. The first-order valence-corrected chi connectivity index (χ1v) is 6.12. The summed E-state index contributed by atoms with van der Waals surface area (Å²) in [6.45, 7) is 2.06. The second kappa shape index (κ2) is 4.23. The van der Waals surface area contributed by atoms with Crippen LogP contribution in [-0.4, -0.2) is 10.2 Å². The molecule has 5 heteroatoms. The Balaban J connectivity index is 2.26. The minimum Gasteiger partial charge on any atom is -0.419 e. The SMILES string of the molecule is CCC(Br)c1nnc(-c2cccs2)o1. The van der Waals surface area contributed by atoms with Gasteiger partial charge in [0.15, 0.2) is 0 Å². The monoisotopic (exact) mass is 272 g/mol. The van der Waals surface area contributed by atoms with E-state index in [4.69, 9.17) is 4.42 Å². The number of halogens is 1. The van der Waals surface area contributed by atoms with Crippen molar-refractivity contribution in [2.24, 2.45) is 0 Å². The van der Waals surface area contributed by atoms with E-state index in [9.17, 15) is 0 Å². The molecule has 1 atom stereocenters. The van der Waals surface area contributed by atoms with Crippen LogP contribution in [0.25, 0.3) is 10.8 Å². The van der Waals surface area contributed by atoms with Crippen molar-refractivity contribution in [3.05, 3.63) is 23.4 Å². The van der Waals surface area contributed by atoms with Crippen LogP contribution in [0, 0.1) is 0 Å². The molecule has 0 aromatic carbocycles. The van der Waals surface area contributed by atoms with E-state index in [1.54, 1.807) is 11.3 Å². The molecule has 0 saturated heterocycles. The van der Waals surface area contributed by atoms with Crippen molar-refractivity contribution in [2.45, 2.75) is 18.2 Å². The third kappa shape index (κ3) is 1.88. The van der Waals surface area contributed by atoms with Crippen LogP contribution in [0.15, 0.2) is 21.9 Å². The van der Waals surface area contributed by atoms with E-state index < -0.39 is 0 Å². The average Bonchev–Trinajstić information content (AvgIpc) is 2.86. The minimum absolute atomic E-state index is 0.156. The number of rotatable bonds is 3. The highest BCUT2D eigenvalue weighted by Gasteiger charge is 2.14. The average molecular weight is 273 g/mol. The van der Waals surface area contributed by atoms with Crippen molar-refractivity contribution in [3.63, 3.8) is 0 Å². The summed E-state index contributed by atoms with van der Waals surface area (Å²) in [6, 6.07) is 3.94. The summed E-state index contributed by atoms with van der Waals surface area (Å²) in [6.07, 6.45) is 0.937. The molecule has 14 heavy (non-hydrogen) atoms. The van der Waals surface area contributed by atoms with Gasteiger partial charge >= 0.3 is 0 Å². The second-order valence-electron chi connectivity index (χ2n) is 2.80. The zero-order valence-corrected chi connectivity index (χ0v) is 10.0. The van der Waals surface area contributed by atoms with E-state index in [-0.39, 0.29) is 4.83 Å². The third-order valence-corrected chi connectivity index (χ3v) is 3.70. The molecule has 0 aliphatic heterocycles. The second-order valence-corrected chi connectivity index (χ2v) is 4.85. The summed E-state index contributed by atoms with van der Waals surface area (Å²) in [5, 5.41) is 9.97. The highest BCUT2D eigenvalue weighted by Crippen LogP contribution is 2.29. The van der Waals surface area contributed by atoms with Gasteiger partial charge in [-0.15, -0.1) is 21.5 Å². The lowest BCUT2D eigenvalue weighted by Crippen LogP contribution is -1.86. The molecule has 2 rings (SSSR count). The fraction of sp³-hybridized carbons (Fsp3) is 0.333. The minimum atomic E-state index is 0.156. The van der Waals surface area contributed by atoms with Crippen LogP contribution in [0.2, 0.25) is 0 Å². The fourth-order valence-corrected chi connectivity index (χ4v) is 1.86. The first-order chi connectivity index (χ1) is 6.81. The van der Waals surface area contributed by atoms with Gasteiger partial charge in [0.1, 0.15) is 0 Å². The lowest BCUT2D eigenvalue weighted by Gasteiger charge is -1.97. The molecule has 0 saturated carbocycles. The van der Waals surface area contributed by atoms with Gasteiger partial charge in [-0.3, -0.25) is 0 Å². The maximum atomic E-state index is 5.52. The van der Waals surface area contributed by atoms with Gasteiger partial charge in [0.25, 0.3) is 5.89 Å². The van der Waals surface area contributed by atoms with E-state index in [1.807, 2.05) is 17.5 Å². The predicted octanol–water partition coefficient (Wildman–Crippen LogP) is 3.64. The van der Waals surface area contributed by atoms with Gasteiger partial charge < -0.3 is 4.42 Å². The van der Waals surface area contributed by atoms with Crippen LogP contribution in [0.5, 0.6) is 0 Å². The molecule has 0 aliphatic carbocycles. The fourth-order valence-electron chi connectivity index (χ4n) is 1.04. The van der Waals surface area contributed by atoms with Gasteiger partial charge in [-0.1, -0.05) is 28.9 Å². The highest BCUT2D eigenvalue weighted by atomic mass is 79.9. The van der Waals surface area contributed by atoms with Crippen LogP contribution < -0.4 is 0 Å². The number of alkyl halides is 1. The first-order valence-electron chi connectivity index (χ1n) is 4.32. The van der Waals surface area contributed by atoms with Crippen LogP contribution >= 0.6 is 27.3 Å². The maximum Gasteiger partial charge on any atom is 0.257 e. The summed E-state index contributed by atoms with van der Waals surface area (Å²) in [5.41, 5.74) is 0. The zero-order chi connectivity index (χ0) is 9.97.